The molecule has 3 heterocycles. The minimum absolute atomic E-state index is 1.16. The van der Waals surface area contributed by atoms with Crippen LogP contribution in [0.2, 0.25) is 0 Å². The summed E-state index contributed by atoms with van der Waals surface area (Å²) in [5.74, 6) is 0. The van der Waals surface area contributed by atoms with Crippen LogP contribution in [0.5, 0.6) is 0 Å². The molecule has 284 valence electrons. The highest BCUT2D eigenvalue weighted by atomic mass is 32.2. The summed E-state index contributed by atoms with van der Waals surface area (Å²) in [4.78, 5) is 2.56. The van der Waals surface area contributed by atoms with E-state index < -0.39 is 0 Å². The third-order valence-electron chi connectivity index (χ3n) is 12.7. The average Bonchev–Trinajstić information content (AvgIpc) is 3.84. The molecule has 3 heteroatoms. The van der Waals surface area contributed by atoms with Gasteiger partial charge in [-0.25, -0.2) is 0 Å². The zero-order valence-corrected chi connectivity index (χ0v) is 33.9. The van der Waals surface area contributed by atoms with Gasteiger partial charge >= 0.3 is 0 Å². The molecule has 0 amide bonds. The van der Waals surface area contributed by atoms with Crippen molar-refractivity contribution in [3.63, 3.8) is 0 Å². The molecule has 0 radical (unpaired) electrons. The molecule has 61 heavy (non-hydrogen) atoms. The van der Waals surface area contributed by atoms with Crippen molar-refractivity contribution in [3.8, 4) is 55.9 Å². The lowest BCUT2D eigenvalue weighted by atomic mass is 9.94. The Morgan fingerprint density at radius 3 is 1.46 bits per heavy atom. The molecular formula is C58H36N2S. The van der Waals surface area contributed by atoms with E-state index in [4.69, 9.17) is 0 Å². The van der Waals surface area contributed by atoms with Gasteiger partial charge < -0.3 is 9.13 Å². The minimum Gasteiger partial charge on any atom is -0.309 e. The van der Waals surface area contributed by atoms with Crippen LogP contribution in [0.25, 0.3) is 110 Å². The van der Waals surface area contributed by atoms with Crippen molar-refractivity contribution in [2.24, 2.45) is 0 Å². The maximum absolute atomic E-state index is 2.47. The Morgan fingerprint density at radius 1 is 0.262 bits per heavy atom. The van der Waals surface area contributed by atoms with Crippen LogP contribution in [0.3, 0.4) is 0 Å². The lowest BCUT2D eigenvalue weighted by Gasteiger charge is -2.22. The van der Waals surface area contributed by atoms with E-state index in [1.54, 1.807) is 0 Å². The van der Waals surface area contributed by atoms with Crippen LogP contribution in [-0.4, -0.2) is 9.13 Å². The molecule has 0 aliphatic carbocycles. The molecule has 13 rings (SSSR count). The van der Waals surface area contributed by atoms with Crippen LogP contribution in [0.1, 0.15) is 0 Å². The zero-order chi connectivity index (χ0) is 40.0. The Labute approximate surface area is 357 Å². The second-order valence-corrected chi connectivity index (χ2v) is 17.2. The van der Waals surface area contributed by atoms with Crippen LogP contribution in [-0.2, 0) is 0 Å². The van der Waals surface area contributed by atoms with Gasteiger partial charge in [-0.05, 0) is 117 Å². The fourth-order valence-corrected chi connectivity index (χ4v) is 11.1. The molecule has 2 nitrogen and oxygen atoms in total. The number of hydrogen-bond donors (Lipinski definition) is 0. The Balaban J connectivity index is 1.02. The van der Waals surface area contributed by atoms with E-state index in [0.29, 0.717) is 0 Å². The van der Waals surface area contributed by atoms with Gasteiger partial charge in [-0.3, -0.25) is 0 Å². The first-order valence-corrected chi connectivity index (χ1v) is 21.7. The Kier molecular flexibility index (Phi) is 7.57. The highest BCUT2D eigenvalue weighted by molar-refractivity contribution is 7.99. The molecule has 12 aromatic rings. The summed E-state index contributed by atoms with van der Waals surface area (Å²) in [7, 11) is 0. The average molecular weight is 793 g/mol. The number of rotatable bonds is 5. The smallest absolute Gasteiger partial charge is 0.0553 e. The number of fused-ring (bicyclic) bond motifs is 9. The van der Waals surface area contributed by atoms with Crippen LogP contribution in [0.15, 0.2) is 228 Å². The van der Waals surface area contributed by atoms with Crippen molar-refractivity contribution >= 4 is 66.1 Å². The Hall–Kier alpha value is -7.59. The predicted molar refractivity (Wildman–Crippen MR) is 258 cm³/mol. The van der Waals surface area contributed by atoms with Crippen molar-refractivity contribution in [2.75, 3.05) is 0 Å². The largest absolute Gasteiger partial charge is 0.309 e. The molecule has 1 aliphatic heterocycles. The maximum atomic E-state index is 2.47. The molecule has 0 bridgehead atoms. The summed E-state index contributed by atoms with van der Waals surface area (Å²) in [6, 6.07) is 80.4. The van der Waals surface area contributed by atoms with Crippen molar-refractivity contribution in [1.82, 2.24) is 9.13 Å². The van der Waals surface area contributed by atoms with Gasteiger partial charge in [0.2, 0.25) is 0 Å². The van der Waals surface area contributed by atoms with Crippen molar-refractivity contribution in [1.29, 1.82) is 0 Å². The maximum Gasteiger partial charge on any atom is 0.0553 e. The molecule has 2 aromatic heterocycles. The van der Waals surface area contributed by atoms with E-state index in [9.17, 15) is 0 Å². The molecule has 0 saturated heterocycles. The third kappa shape index (κ3) is 5.31. The molecule has 0 N–H and O–H groups in total. The first kappa shape index (κ1) is 34.3. The van der Waals surface area contributed by atoms with Gasteiger partial charge in [0.25, 0.3) is 0 Å². The van der Waals surface area contributed by atoms with Crippen LogP contribution in [0, 0.1) is 0 Å². The highest BCUT2D eigenvalue weighted by Gasteiger charge is 2.25. The summed E-state index contributed by atoms with van der Waals surface area (Å²) in [6.45, 7) is 0. The standard InChI is InChI=1S/C58H36N2S/c1-4-14-37(15-5-1)40-20-12-21-43(32-40)60-51-24-11-10-22-46(51)57-47-23-13-25-55-58(47)50(36-54(57)60)45-29-28-44(35-56(45)61-55)59-52-30-26-41(38-16-6-2-7-17-38)33-48(52)49-34-42(27-31-53(49)59)39-18-8-3-9-19-39/h1-36H. The van der Waals surface area contributed by atoms with Gasteiger partial charge in [-0.1, -0.05) is 163 Å². The minimum atomic E-state index is 1.16. The summed E-state index contributed by atoms with van der Waals surface area (Å²) < 4.78 is 4.94. The SMILES string of the molecule is c1ccc(-c2cccc(-n3c4ccccc4c4c5cccc6c5c(cc43)-c3ccc(-n4c5ccc(-c7ccccc7)cc5c5cc(-c7ccccc7)ccc54)cc3S6)c2)cc1. The quantitative estimate of drug-likeness (QED) is 0.169. The Morgan fingerprint density at radius 2 is 0.787 bits per heavy atom. The van der Waals surface area contributed by atoms with Crippen LogP contribution < -0.4 is 0 Å². The molecule has 0 saturated carbocycles. The third-order valence-corrected chi connectivity index (χ3v) is 13.8. The number of para-hydroxylation sites is 1. The predicted octanol–water partition coefficient (Wildman–Crippen LogP) is 16.2. The zero-order valence-electron chi connectivity index (χ0n) is 33.1. The number of aromatic nitrogens is 2. The first-order valence-electron chi connectivity index (χ1n) is 20.9. The molecule has 0 spiro atoms. The molecule has 1 aliphatic rings. The van der Waals surface area contributed by atoms with Gasteiger partial charge in [-0.15, -0.1) is 0 Å². The van der Waals surface area contributed by atoms with E-state index in [-0.39, 0.29) is 0 Å². The summed E-state index contributed by atoms with van der Waals surface area (Å²) >= 11 is 1.89. The molecular weight excluding hydrogens is 757 g/mol. The summed E-state index contributed by atoms with van der Waals surface area (Å²) in [5, 5.41) is 7.71. The van der Waals surface area contributed by atoms with E-state index in [1.165, 1.54) is 109 Å². The number of nitrogens with zero attached hydrogens (tertiary/aromatic N) is 2. The number of benzene rings is 10. The van der Waals surface area contributed by atoms with Gasteiger partial charge in [0.15, 0.2) is 0 Å². The summed E-state index contributed by atoms with van der Waals surface area (Å²) in [5.41, 5.74) is 17.0. The van der Waals surface area contributed by atoms with Crippen molar-refractivity contribution in [2.45, 2.75) is 9.79 Å². The summed E-state index contributed by atoms with van der Waals surface area (Å²) in [6.07, 6.45) is 0. The number of hydrogen-bond acceptors (Lipinski definition) is 1. The van der Waals surface area contributed by atoms with Gasteiger partial charge in [0.1, 0.15) is 0 Å². The molecule has 0 unspecified atom stereocenters. The van der Waals surface area contributed by atoms with Gasteiger partial charge in [0.05, 0.1) is 22.1 Å². The van der Waals surface area contributed by atoms with Gasteiger partial charge in [0, 0.05) is 48.1 Å². The molecule has 0 fully saturated rings. The van der Waals surface area contributed by atoms with Crippen LogP contribution >= 0.6 is 11.8 Å². The van der Waals surface area contributed by atoms with Crippen molar-refractivity contribution < 1.29 is 0 Å². The molecule has 10 aromatic carbocycles. The fraction of sp³-hybridized carbons (Fsp3) is 0. The van der Waals surface area contributed by atoms with Crippen LogP contribution in [0.4, 0.5) is 0 Å². The van der Waals surface area contributed by atoms with E-state index in [0.717, 1.165) is 11.4 Å². The van der Waals surface area contributed by atoms with E-state index in [2.05, 4.69) is 228 Å². The first-order chi connectivity index (χ1) is 30.2. The van der Waals surface area contributed by atoms with E-state index in [1.807, 2.05) is 11.8 Å². The second-order valence-electron chi connectivity index (χ2n) is 16.1. The second kappa shape index (κ2) is 13.5. The lowest BCUT2D eigenvalue weighted by Crippen LogP contribution is -1.99. The topological polar surface area (TPSA) is 9.86 Å². The van der Waals surface area contributed by atoms with E-state index >= 15 is 0 Å². The Bertz CT molecular complexity index is 3610. The molecule has 0 atom stereocenters. The normalized spacial score (nSPS) is 12.2. The monoisotopic (exact) mass is 792 g/mol. The highest BCUT2D eigenvalue weighted by Crippen LogP contribution is 2.52. The van der Waals surface area contributed by atoms with Crippen molar-refractivity contribution in [3.05, 3.63) is 218 Å². The van der Waals surface area contributed by atoms with Gasteiger partial charge in [-0.2, -0.15) is 0 Å². The fourth-order valence-electron chi connectivity index (χ4n) is 9.93. The lowest BCUT2D eigenvalue weighted by molar-refractivity contribution is 1.16.